The Hall–Kier alpha value is -4.17. The highest BCUT2D eigenvalue weighted by Crippen LogP contribution is 2.26. The number of Topliss-reactive ketones (excluding diaryl/α,β-unsaturated/α-hetero) is 1. The van der Waals surface area contributed by atoms with E-state index in [0.717, 1.165) is 5.56 Å². The number of amides is 2. The van der Waals surface area contributed by atoms with Gasteiger partial charge in [-0.3, -0.25) is 19.7 Å². The van der Waals surface area contributed by atoms with Gasteiger partial charge in [-0.1, -0.05) is 78.1 Å². The first-order valence-electron chi connectivity index (χ1n) is 10.3. The molecule has 0 saturated heterocycles. The molecule has 3 aromatic carbocycles. The zero-order valence-corrected chi connectivity index (χ0v) is 18.3. The van der Waals surface area contributed by atoms with Crippen LogP contribution in [0.2, 0.25) is 0 Å². The number of benzene rings is 3. The number of rotatable bonds is 8. The molecular weight excluding hydrogens is 436 g/mol. The molecule has 0 radical (unpaired) electrons. The third kappa shape index (κ3) is 5.96. The van der Waals surface area contributed by atoms with E-state index in [1.165, 1.54) is 11.3 Å². The summed E-state index contributed by atoms with van der Waals surface area (Å²) >= 11 is 1.28. The van der Waals surface area contributed by atoms with Crippen molar-refractivity contribution in [1.29, 1.82) is 0 Å². The minimum Gasteiger partial charge on any atom is -0.326 e. The fourth-order valence-electron chi connectivity index (χ4n) is 3.10. The maximum atomic E-state index is 12.6. The minimum atomic E-state index is -0.360. The molecule has 0 aliphatic heterocycles. The molecule has 7 nitrogen and oxygen atoms in total. The lowest BCUT2D eigenvalue weighted by molar-refractivity contribution is -0.116. The van der Waals surface area contributed by atoms with Crippen molar-refractivity contribution in [3.05, 3.63) is 96.1 Å². The van der Waals surface area contributed by atoms with Crippen LogP contribution < -0.4 is 10.6 Å². The summed E-state index contributed by atoms with van der Waals surface area (Å²) in [6.07, 6.45) is 0.161. The number of nitrogens with zero attached hydrogens (tertiary/aromatic N) is 2. The van der Waals surface area contributed by atoms with Crippen molar-refractivity contribution >= 4 is 39.8 Å². The average Bonchev–Trinajstić information content (AvgIpc) is 3.32. The van der Waals surface area contributed by atoms with E-state index in [1.54, 1.807) is 48.5 Å². The van der Waals surface area contributed by atoms with Crippen LogP contribution >= 0.6 is 11.3 Å². The lowest BCUT2D eigenvalue weighted by Crippen LogP contribution is -2.15. The second-order valence-corrected chi connectivity index (χ2v) is 8.13. The van der Waals surface area contributed by atoms with Crippen molar-refractivity contribution in [2.75, 3.05) is 10.6 Å². The molecule has 0 fully saturated rings. The van der Waals surface area contributed by atoms with E-state index < -0.39 is 0 Å². The largest absolute Gasteiger partial charge is 0.326 e. The van der Waals surface area contributed by atoms with Gasteiger partial charge in [-0.2, -0.15) is 0 Å². The number of hydrogen-bond acceptors (Lipinski definition) is 6. The molecule has 4 aromatic rings. The summed E-state index contributed by atoms with van der Waals surface area (Å²) in [5.74, 6) is -0.750. The van der Waals surface area contributed by atoms with Crippen molar-refractivity contribution in [2.24, 2.45) is 0 Å². The van der Waals surface area contributed by atoms with E-state index in [2.05, 4.69) is 20.8 Å². The number of ketones is 1. The lowest BCUT2D eigenvalue weighted by atomic mass is 10.1. The topological polar surface area (TPSA) is 101 Å². The maximum absolute atomic E-state index is 12.6. The molecule has 2 amide bonds. The normalized spacial score (nSPS) is 10.4. The van der Waals surface area contributed by atoms with E-state index in [4.69, 9.17) is 0 Å². The Kier molecular flexibility index (Phi) is 6.96. The van der Waals surface area contributed by atoms with E-state index in [0.29, 0.717) is 27.0 Å². The summed E-state index contributed by atoms with van der Waals surface area (Å²) in [4.78, 5) is 37.1. The van der Waals surface area contributed by atoms with Crippen molar-refractivity contribution in [2.45, 2.75) is 12.8 Å². The summed E-state index contributed by atoms with van der Waals surface area (Å²) in [6.45, 7) is 0. The van der Waals surface area contributed by atoms with E-state index >= 15 is 0 Å². The molecule has 0 spiro atoms. The SMILES string of the molecule is O=C(CCC(=O)c1ccccc1)Nc1cccc(C(=O)Nc2nnc(-c3ccccc3)s2)c1. The van der Waals surface area contributed by atoms with E-state index in [9.17, 15) is 14.4 Å². The van der Waals surface area contributed by atoms with Gasteiger partial charge in [-0.15, -0.1) is 10.2 Å². The molecule has 0 bridgehead atoms. The van der Waals surface area contributed by atoms with Crippen molar-refractivity contribution in [1.82, 2.24) is 10.2 Å². The van der Waals surface area contributed by atoms with Gasteiger partial charge >= 0.3 is 0 Å². The van der Waals surface area contributed by atoms with Crippen molar-refractivity contribution in [3.8, 4) is 10.6 Å². The number of hydrogen-bond donors (Lipinski definition) is 2. The molecule has 1 aromatic heterocycles. The summed E-state index contributed by atoms with van der Waals surface area (Å²) in [5.41, 5.74) is 2.34. The van der Waals surface area contributed by atoms with Crippen molar-refractivity contribution in [3.63, 3.8) is 0 Å². The van der Waals surface area contributed by atoms with Gasteiger partial charge in [0.15, 0.2) is 5.78 Å². The van der Waals surface area contributed by atoms with Crippen LogP contribution in [-0.4, -0.2) is 27.8 Å². The van der Waals surface area contributed by atoms with Gasteiger partial charge < -0.3 is 5.32 Å². The molecule has 0 unspecified atom stereocenters. The Morgan fingerprint density at radius 1 is 0.727 bits per heavy atom. The zero-order chi connectivity index (χ0) is 23.0. The smallest absolute Gasteiger partial charge is 0.257 e. The van der Waals surface area contributed by atoms with Crippen LogP contribution in [0.3, 0.4) is 0 Å². The van der Waals surface area contributed by atoms with Crippen LogP contribution in [0, 0.1) is 0 Å². The Bertz CT molecular complexity index is 1270. The van der Waals surface area contributed by atoms with Gasteiger partial charge in [0.1, 0.15) is 5.01 Å². The van der Waals surface area contributed by atoms with Crippen molar-refractivity contribution < 1.29 is 14.4 Å². The first kappa shape index (κ1) is 22.0. The van der Waals surface area contributed by atoms with Gasteiger partial charge in [-0.05, 0) is 18.2 Å². The molecular formula is C25H20N4O3S. The van der Waals surface area contributed by atoms with Crippen LogP contribution in [0.5, 0.6) is 0 Å². The number of anilines is 2. The third-order valence-electron chi connectivity index (χ3n) is 4.75. The fourth-order valence-corrected chi connectivity index (χ4v) is 3.84. The quantitative estimate of drug-likeness (QED) is 0.361. The summed E-state index contributed by atoms with van der Waals surface area (Å²) in [5, 5.41) is 14.7. The number of carbonyl (C=O) groups is 3. The molecule has 2 N–H and O–H groups in total. The summed E-state index contributed by atoms with van der Waals surface area (Å²) in [6, 6.07) is 25.0. The molecule has 0 saturated carbocycles. The van der Waals surface area contributed by atoms with E-state index in [1.807, 2.05) is 36.4 Å². The molecule has 0 aliphatic carbocycles. The average molecular weight is 457 g/mol. The van der Waals surface area contributed by atoms with E-state index in [-0.39, 0.29) is 30.4 Å². The van der Waals surface area contributed by atoms with Gasteiger partial charge in [0.05, 0.1) is 0 Å². The number of aromatic nitrogens is 2. The predicted molar refractivity (Wildman–Crippen MR) is 128 cm³/mol. The van der Waals surface area contributed by atoms with Gasteiger partial charge in [0.25, 0.3) is 5.91 Å². The number of carbonyl (C=O) groups excluding carboxylic acids is 3. The van der Waals surface area contributed by atoms with Gasteiger partial charge in [-0.25, -0.2) is 0 Å². The molecule has 1 heterocycles. The highest BCUT2D eigenvalue weighted by molar-refractivity contribution is 7.18. The first-order chi connectivity index (χ1) is 16.1. The van der Waals surface area contributed by atoms with Gasteiger partial charge in [0, 0.05) is 35.2 Å². The molecule has 33 heavy (non-hydrogen) atoms. The second kappa shape index (κ2) is 10.4. The summed E-state index contributed by atoms with van der Waals surface area (Å²) < 4.78 is 0. The van der Waals surface area contributed by atoms with Crippen LogP contribution in [0.4, 0.5) is 10.8 Å². The van der Waals surface area contributed by atoms with Gasteiger partial charge in [0.2, 0.25) is 11.0 Å². The molecule has 0 aliphatic rings. The Morgan fingerprint density at radius 2 is 1.42 bits per heavy atom. The highest BCUT2D eigenvalue weighted by atomic mass is 32.1. The fraction of sp³-hybridized carbons (Fsp3) is 0.0800. The maximum Gasteiger partial charge on any atom is 0.257 e. The van der Waals surface area contributed by atoms with Crippen LogP contribution in [0.1, 0.15) is 33.6 Å². The number of nitrogens with one attached hydrogen (secondary N) is 2. The van der Waals surface area contributed by atoms with Crippen LogP contribution in [0.25, 0.3) is 10.6 Å². The first-order valence-corrected chi connectivity index (χ1v) is 11.1. The third-order valence-corrected chi connectivity index (χ3v) is 5.64. The Morgan fingerprint density at radius 3 is 2.18 bits per heavy atom. The summed E-state index contributed by atoms with van der Waals surface area (Å²) in [7, 11) is 0. The molecule has 4 rings (SSSR count). The Balaban J connectivity index is 1.33. The van der Waals surface area contributed by atoms with Crippen LogP contribution in [0.15, 0.2) is 84.9 Å². The predicted octanol–water partition coefficient (Wildman–Crippen LogP) is 5.06. The minimum absolute atomic E-state index is 0.0528. The monoisotopic (exact) mass is 456 g/mol. The Labute approximate surface area is 194 Å². The standard InChI is InChI=1S/C25H20N4O3S/c30-21(17-8-3-1-4-9-17)14-15-22(31)26-20-13-7-12-19(16-20)23(32)27-25-29-28-24(33-25)18-10-5-2-6-11-18/h1-13,16H,14-15H2,(H,26,31)(H,27,29,32). The van der Waals surface area contributed by atoms with Crippen LogP contribution in [-0.2, 0) is 4.79 Å². The molecule has 0 atom stereocenters. The molecule has 164 valence electrons. The highest BCUT2D eigenvalue weighted by Gasteiger charge is 2.13. The zero-order valence-electron chi connectivity index (χ0n) is 17.5. The second-order valence-electron chi connectivity index (χ2n) is 7.15. The molecule has 8 heteroatoms. The lowest BCUT2D eigenvalue weighted by Gasteiger charge is -2.07.